The third-order valence-corrected chi connectivity index (χ3v) is 3.74. The predicted octanol–water partition coefficient (Wildman–Crippen LogP) is 3.72. The van der Waals surface area contributed by atoms with Crippen LogP contribution in [0.4, 0.5) is 5.69 Å². The first kappa shape index (κ1) is 17.0. The molecule has 0 aliphatic heterocycles. The van der Waals surface area contributed by atoms with Crippen molar-refractivity contribution < 1.29 is 9.59 Å². The molecule has 0 saturated carbocycles. The van der Waals surface area contributed by atoms with Crippen molar-refractivity contribution in [2.75, 3.05) is 11.9 Å². The average Bonchev–Trinajstić information content (AvgIpc) is 2.55. The SMILES string of the molecule is CCN(Cc1ccccc1)C(=O)CC(=O)Nc1ccccc1Cl. The van der Waals surface area contributed by atoms with Gasteiger partial charge in [0.2, 0.25) is 11.8 Å². The highest BCUT2D eigenvalue weighted by Gasteiger charge is 2.17. The first-order chi connectivity index (χ1) is 11.1. The quantitative estimate of drug-likeness (QED) is 0.821. The summed E-state index contributed by atoms with van der Waals surface area (Å²) in [4.78, 5) is 26.0. The van der Waals surface area contributed by atoms with E-state index in [4.69, 9.17) is 11.6 Å². The van der Waals surface area contributed by atoms with Crippen LogP contribution in [0.25, 0.3) is 0 Å². The average molecular weight is 331 g/mol. The van der Waals surface area contributed by atoms with Gasteiger partial charge < -0.3 is 10.2 Å². The Morgan fingerprint density at radius 2 is 1.70 bits per heavy atom. The smallest absolute Gasteiger partial charge is 0.233 e. The van der Waals surface area contributed by atoms with Crippen LogP contribution >= 0.6 is 11.6 Å². The Morgan fingerprint density at radius 1 is 1.04 bits per heavy atom. The Bertz CT molecular complexity index is 674. The minimum atomic E-state index is -0.366. The topological polar surface area (TPSA) is 49.4 Å². The number of para-hydroxylation sites is 1. The lowest BCUT2D eigenvalue weighted by atomic mass is 10.2. The third-order valence-electron chi connectivity index (χ3n) is 3.41. The highest BCUT2D eigenvalue weighted by Crippen LogP contribution is 2.20. The Balaban J connectivity index is 1.94. The van der Waals surface area contributed by atoms with E-state index in [1.54, 1.807) is 29.2 Å². The number of hydrogen-bond acceptors (Lipinski definition) is 2. The normalized spacial score (nSPS) is 10.2. The molecular formula is C18H19ClN2O2. The van der Waals surface area contributed by atoms with Crippen molar-refractivity contribution in [3.63, 3.8) is 0 Å². The molecule has 1 N–H and O–H groups in total. The maximum absolute atomic E-state index is 12.3. The fraction of sp³-hybridized carbons (Fsp3) is 0.222. The molecule has 0 bridgehead atoms. The van der Waals surface area contributed by atoms with Gasteiger partial charge in [-0.2, -0.15) is 0 Å². The summed E-state index contributed by atoms with van der Waals surface area (Å²) >= 11 is 5.99. The molecule has 0 heterocycles. The summed E-state index contributed by atoms with van der Waals surface area (Å²) in [7, 11) is 0. The predicted molar refractivity (Wildman–Crippen MR) is 92.2 cm³/mol. The standard InChI is InChI=1S/C18H19ClN2O2/c1-2-21(13-14-8-4-3-5-9-14)18(23)12-17(22)20-16-11-7-6-10-15(16)19/h3-11H,2,12-13H2,1H3,(H,20,22). The van der Waals surface area contributed by atoms with E-state index < -0.39 is 0 Å². The monoisotopic (exact) mass is 330 g/mol. The molecule has 120 valence electrons. The van der Waals surface area contributed by atoms with Gasteiger partial charge in [0.1, 0.15) is 6.42 Å². The van der Waals surface area contributed by atoms with Gasteiger partial charge in [-0.25, -0.2) is 0 Å². The number of benzene rings is 2. The van der Waals surface area contributed by atoms with Gasteiger partial charge in [0.15, 0.2) is 0 Å². The van der Waals surface area contributed by atoms with Gasteiger partial charge in [-0.1, -0.05) is 54.1 Å². The highest BCUT2D eigenvalue weighted by molar-refractivity contribution is 6.33. The maximum Gasteiger partial charge on any atom is 0.233 e. The maximum atomic E-state index is 12.3. The molecule has 2 aromatic carbocycles. The van der Waals surface area contributed by atoms with Gasteiger partial charge in [-0.05, 0) is 24.6 Å². The molecule has 0 atom stereocenters. The van der Waals surface area contributed by atoms with Gasteiger partial charge in [0, 0.05) is 13.1 Å². The first-order valence-electron chi connectivity index (χ1n) is 7.46. The molecule has 0 aliphatic carbocycles. The molecule has 0 spiro atoms. The van der Waals surface area contributed by atoms with Crippen molar-refractivity contribution >= 4 is 29.1 Å². The van der Waals surface area contributed by atoms with Crippen LogP contribution in [-0.4, -0.2) is 23.3 Å². The van der Waals surface area contributed by atoms with Crippen molar-refractivity contribution in [3.8, 4) is 0 Å². The second-order valence-electron chi connectivity index (χ2n) is 5.10. The molecule has 2 aromatic rings. The van der Waals surface area contributed by atoms with Crippen LogP contribution in [0.5, 0.6) is 0 Å². The van der Waals surface area contributed by atoms with Gasteiger partial charge in [-0.15, -0.1) is 0 Å². The van der Waals surface area contributed by atoms with Crippen LogP contribution in [-0.2, 0) is 16.1 Å². The molecule has 0 fully saturated rings. The van der Waals surface area contributed by atoms with Crippen LogP contribution in [0.1, 0.15) is 18.9 Å². The zero-order chi connectivity index (χ0) is 16.7. The van der Waals surface area contributed by atoms with Crippen LogP contribution in [0.2, 0.25) is 5.02 Å². The van der Waals surface area contributed by atoms with Crippen LogP contribution in [0, 0.1) is 0 Å². The van der Waals surface area contributed by atoms with E-state index in [0.29, 0.717) is 23.8 Å². The number of carbonyl (C=O) groups excluding carboxylic acids is 2. The summed E-state index contributed by atoms with van der Waals surface area (Å²) < 4.78 is 0. The molecule has 2 rings (SSSR count). The summed E-state index contributed by atoms with van der Waals surface area (Å²) in [5.74, 6) is -0.574. The van der Waals surface area contributed by atoms with Crippen molar-refractivity contribution in [2.45, 2.75) is 19.9 Å². The summed E-state index contributed by atoms with van der Waals surface area (Å²) in [6, 6.07) is 16.6. The Hall–Kier alpha value is -2.33. The molecule has 0 aliphatic rings. The molecule has 0 unspecified atom stereocenters. The molecule has 0 saturated heterocycles. The van der Waals surface area contributed by atoms with Gasteiger partial charge in [-0.3, -0.25) is 9.59 Å². The van der Waals surface area contributed by atoms with Crippen molar-refractivity contribution in [1.29, 1.82) is 0 Å². The van der Waals surface area contributed by atoms with Gasteiger partial charge in [0.25, 0.3) is 0 Å². The molecule has 2 amide bonds. The molecular weight excluding hydrogens is 312 g/mol. The van der Waals surface area contributed by atoms with Gasteiger partial charge in [0.05, 0.1) is 10.7 Å². The van der Waals surface area contributed by atoms with Crippen molar-refractivity contribution in [3.05, 3.63) is 65.2 Å². The molecule has 4 nitrogen and oxygen atoms in total. The number of amides is 2. The van der Waals surface area contributed by atoms with E-state index >= 15 is 0 Å². The Morgan fingerprint density at radius 3 is 2.35 bits per heavy atom. The third kappa shape index (κ3) is 5.11. The van der Waals surface area contributed by atoms with E-state index in [9.17, 15) is 9.59 Å². The molecule has 0 aromatic heterocycles. The zero-order valence-electron chi connectivity index (χ0n) is 13.0. The minimum absolute atomic E-state index is 0.202. The largest absolute Gasteiger partial charge is 0.338 e. The summed E-state index contributed by atoms with van der Waals surface area (Å²) in [6.45, 7) is 2.94. The molecule has 23 heavy (non-hydrogen) atoms. The van der Waals surface area contributed by atoms with E-state index in [0.717, 1.165) is 5.56 Å². The zero-order valence-corrected chi connectivity index (χ0v) is 13.7. The minimum Gasteiger partial charge on any atom is -0.338 e. The lowest BCUT2D eigenvalue weighted by molar-refractivity contribution is -0.134. The second kappa shape index (κ2) is 8.34. The molecule has 0 radical (unpaired) electrons. The van der Waals surface area contributed by atoms with Crippen molar-refractivity contribution in [2.24, 2.45) is 0 Å². The van der Waals surface area contributed by atoms with Crippen LogP contribution < -0.4 is 5.32 Å². The summed E-state index contributed by atoms with van der Waals surface area (Å²) in [5, 5.41) is 3.11. The van der Waals surface area contributed by atoms with Crippen LogP contribution in [0.3, 0.4) is 0 Å². The lowest BCUT2D eigenvalue weighted by Gasteiger charge is -2.21. The number of halogens is 1. The highest BCUT2D eigenvalue weighted by atomic mass is 35.5. The number of carbonyl (C=O) groups is 2. The fourth-order valence-corrected chi connectivity index (χ4v) is 2.37. The number of hydrogen-bond donors (Lipinski definition) is 1. The molecule has 5 heteroatoms. The van der Waals surface area contributed by atoms with Crippen molar-refractivity contribution in [1.82, 2.24) is 4.90 Å². The number of rotatable bonds is 6. The van der Waals surface area contributed by atoms with Gasteiger partial charge >= 0.3 is 0 Å². The summed E-state index contributed by atoms with van der Waals surface area (Å²) in [5.41, 5.74) is 1.55. The number of nitrogens with one attached hydrogen (secondary N) is 1. The van der Waals surface area contributed by atoms with E-state index in [2.05, 4.69) is 5.32 Å². The second-order valence-corrected chi connectivity index (χ2v) is 5.51. The fourth-order valence-electron chi connectivity index (χ4n) is 2.19. The summed E-state index contributed by atoms with van der Waals surface area (Å²) in [6.07, 6.45) is -0.202. The Kier molecular flexibility index (Phi) is 6.18. The lowest BCUT2D eigenvalue weighted by Crippen LogP contribution is -2.33. The first-order valence-corrected chi connectivity index (χ1v) is 7.84. The van der Waals surface area contributed by atoms with E-state index in [1.165, 1.54) is 0 Å². The van der Waals surface area contributed by atoms with E-state index in [1.807, 2.05) is 37.3 Å². The number of nitrogens with zero attached hydrogens (tertiary/aromatic N) is 1. The Labute approximate surface area is 141 Å². The number of anilines is 1. The van der Waals surface area contributed by atoms with E-state index in [-0.39, 0.29) is 18.2 Å². The van der Waals surface area contributed by atoms with Crippen LogP contribution in [0.15, 0.2) is 54.6 Å².